The van der Waals surface area contributed by atoms with Gasteiger partial charge in [-0.2, -0.15) is 5.10 Å². The monoisotopic (exact) mass is 347 g/mol. The van der Waals surface area contributed by atoms with Gasteiger partial charge in [0.1, 0.15) is 11.5 Å². The summed E-state index contributed by atoms with van der Waals surface area (Å²) in [4.78, 5) is 0. The molecule has 0 fully saturated rings. The van der Waals surface area contributed by atoms with E-state index in [9.17, 15) is 0 Å². The summed E-state index contributed by atoms with van der Waals surface area (Å²) in [5, 5.41) is 7.81. The molecule has 3 aromatic rings. The Bertz CT molecular complexity index is 887. The van der Waals surface area contributed by atoms with E-state index in [1.165, 1.54) is 0 Å². The number of halogens is 1. The van der Waals surface area contributed by atoms with E-state index in [0.29, 0.717) is 27.1 Å². The summed E-state index contributed by atoms with van der Waals surface area (Å²) >= 11 is 11.3. The highest BCUT2D eigenvalue weighted by molar-refractivity contribution is 7.71. The summed E-state index contributed by atoms with van der Waals surface area (Å²) < 4.78 is 13.0. The third kappa shape index (κ3) is 2.95. The summed E-state index contributed by atoms with van der Waals surface area (Å²) in [6, 6.07) is 12.9. The van der Waals surface area contributed by atoms with Gasteiger partial charge < -0.3 is 9.47 Å². The van der Waals surface area contributed by atoms with Crippen molar-refractivity contribution in [1.82, 2.24) is 14.8 Å². The second-order valence-corrected chi connectivity index (χ2v) is 5.56. The Balaban J connectivity index is 2.20. The van der Waals surface area contributed by atoms with Crippen molar-refractivity contribution in [3.8, 4) is 28.6 Å². The number of nitrogens with zero attached hydrogens (tertiary/aromatic N) is 2. The molecule has 3 rings (SSSR count). The number of ether oxygens (including phenoxy) is 2. The first-order valence-corrected chi connectivity index (χ1v) is 7.58. The van der Waals surface area contributed by atoms with Crippen LogP contribution in [0.2, 0.25) is 5.02 Å². The van der Waals surface area contributed by atoms with E-state index in [1.54, 1.807) is 20.3 Å². The zero-order valence-corrected chi connectivity index (χ0v) is 14.1. The zero-order chi connectivity index (χ0) is 16.4. The molecule has 2 aromatic carbocycles. The lowest BCUT2D eigenvalue weighted by atomic mass is 10.2. The highest BCUT2D eigenvalue weighted by Gasteiger charge is 2.15. The standard InChI is InChI=1S/C16H14ClN3O2S/c1-21-12-7-8-13(14(9-12)22-2)20-15(18-19-16(20)23)10-3-5-11(17)6-4-10/h3-9H,1-2H3,(H,19,23). The Morgan fingerprint density at radius 1 is 1.09 bits per heavy atom. The molecule has 0 aliphatic carbocycles. The Kier molecular flexibility index (Phi) is 4.36. The van der Waals surface area contributed by atoms with E-state index in [4.69, 9.17) is 33.3 Å². The van der Waals surface area contributed by atoms with E-state index in [0.717, 1.165) is 11.3 Å². The van der Waals surface area contributed by atoms with Crippen molar-refractivity contribution in [2.24, 2.45) is 0 Å². The minimum atomic E-state index is 0.471. The van der Waals surface area contributed by atoms with Crippen LogP contribution >= 0.6 is 23.8 Å². The molecule has 1 heterocycles. The van der Waals surface area contributed by atoms with E-state index < -0.39 is 0 Å². The molecule has 0 saturated heterocycles. The molecule has 1 N–H and O–H groups in total. The molecule has 0 unspecified atom stereocenters. The molecule has 7 heteroatoms. The van der Waals surface area contributed by atoms with Crippen molar-refractivity contribution in [2.45, 2.75) is 0 Å². The van der Waals surface area contributed by atoms with Crippen LogP contribution in [-0.2, 0) is 0 Å². The number of nitrogens with one attached hydrogen (secondary N) is 1. The van der Waals surface area contributed by atoms with Gasteiger partial charge in [0.15, 0.2) is 10.6 Å². The first-order chi connectivity index (χ1) is 11.1. The first kappa shape index (κ1) is 15.6. The largest absolute Gasteiger partial charge is 0.497 e. The maximum Gasteiger partial charge on any atom is 0.200 e. The summed E-state index contributed by atoms with van der Waals surface area (Å²) in [6.07, 6.45) is 0. The Morgan fingerprint density at radius 3 is 2.48 bits per heavy atom. The minimum absolute atomic E-state index is 0.471. The molecule has 0 bridgehead atoms. The van der Waals surface area contributed by atoms with Gasteiger partial charge >= 0.3 is 0 Å². The second kappa shape index (κ2) is 6.44. The molecule has 5 nitrogen and oxygen atoms in total. The van der Waals surface area contributed by atoms with Crippen LogP contribution in [0, 0.1) is 4.77 Å². The van der Waals surface area contributed by atoms with Crippen LogP contribution in [-0.4, -0.2) is 29.0 Å². The average Bonchev–Trinajstić information content (AvgIpc) is 2.96. The maximum absolute atomic E-state index is 5.95. The van der Waals surface area contributed by atoms with E-state index >= 15 is 0 Å². The molecule has 0 saturated carbocycles. The highest BCUT2D eigenvalue weighted by Crippen LogP contribution is 2.31. The third-order valence-electron chi connectivity index (χ3n) is 3.40. The average molecular weight is 348 g/mol. The van der Waals surface area contributed by atoms with Gasteiger partial charge in [0, 0.05) is 16.7 Å². The lowest BCUT2D eigenvalue weighted by molar-refractivity contribution is 0.393. The van der Waals surface area contributed by atoms with Crippen molar-refractivity contribution < 1.29 is 9.47 Å². The molecule has 118 valence electrons. The lowest BCUT2D eigenvalue weighted by Gasteiger charge is -2.13. The molecular formula is C16H14ClN3O2S. The highest BCUT2D eigenvalue weighted by atomic mass is 35.5. The molecule has 0 radical (unpaired) electrons. The predicted molar refractivity (Wildman–Crippen MR) is 92.3 cm³/mol. The Morgan fingerprint density at radius 2 is 1.83 bits per heavy atom. The van der Waals surface area contributed by atoms with Crippen molar-refractivity contribution >= 4 is 23.8 Å². The summed E-state index contributed by atoms with van der Waals surface area (Å²) in [5.41, 5.74) is 1.66. The maximum atomic E-state index is 5.95. The number of hydrogen-bond acceptors (Lipinski definition) is 4. The quantitative estimate of drug-likeness (QED) is 0.716. The Hall–Kier alpha value is -2.31. The van der Waals surface area contributed by atoms with E-state index in [1.807, 2.05) is 41.0 Å². The number of rotatable bonds is 4. The number of aromatic nitrogens is 3. The van der Waals surface area contributed by atoms with Gasteiger partial charge in [-0.1, -0.05) is 11.6 Å². The molecular weight excluding hydrogens is 334 g/mol. The molecule has 1 aromatic heterocycles. The van der Waals surface area contributed by atoms with E-state index in [2.05, 4.69) is 10.2 Å². The van der Waals surface area contributed by atoms with Gasteiger partial charge in [0.05, 0.1) is 19.9 Å². The smallest absolute Gasteiger partial charge is 0.200 e. The fraction of sp³-hybridized carbons (Fsp3) is 0.125. The first-order valence-electron chi connectivity index (χ1n) is 6.80. The minimum Gasteiger partial charge on any atom is -0.497 e. The van der Waals surface area contributed by atoms with Crippen LogP contribution in [0.15, 0.2) is 42.5 Å². The SMILES string of the molecule is COc1ccc(-n2c(-c3ccc(Cl)cc3)n[nH]c2=S)c(OC)c1. The van der Waals surface area contributed by atoms with Crippen molar-refractivity contribution in [2.75, 3.05) is 14.2 Å². The van der Waals surface area contributed by atoms with Crippen LogP contribution in [0.1, 0.15) is 0 Å². The van der Waals surface area contributed by atoms with Crippen LogP contribution in [0.4, 0.5) is 0 Å². The lowest BCUT2D eigenvalue weighted by Crippen LogP contribution is -2.01. The molecule has 0 aliphatic rings. The molecule has 0 aliphatic heterocycles. The molecule has 0 atom stereocenters. The van der Waals surface area contributed by atoms with Crippen molar-refractivity contribution in [3.63, 3.8) is 0 Å². The normalized spacial score (nSPS) is 10.6. The van der Waals surface area contributed by atoms with Gasteiger partial charge in [-0.25, -0.2) is 0 Å². The topological polar surface area (TPSA) is 52.1 Å². The molecule has 0 spiro atoms. The van der Waals surface area contributed by atoms with Gasteiger partial charge in [-0.05, 0) is 48.6 Å². The van der Waals surface area contributed by atoms with Crippen LogP contribution in [0.3, 0.4) is 0 Å². The number of aromatic amines is 1. The molecule has 0 amide bonds. The van der Waals surface area contributed by atoms with Crippen molar-refractivity contribution in [3.05, 3.63) is 52.3 Å². The van der Waals surface area contributed by atoms with Crippen molar-refractivity contribution in [1.29, 1.82) is 0 Å². The van der Waals surface area contributed by atoms with Crippen LogP contribution in [0.25, 0.3) is 17.1 Å². The van der Waals surface area contributed by atoms with Gasteiger partial charge in [0.2, 0.25) is 0 Å². The number of benzene rings is 2. The number of methoxy groups -OCH3 is 2. The van der Waals surface area contributed by atoms with Crippen LogP contribution < -0.4 is 9.47 Å². The number of hydrogen-bond donors (Lipinski definition) is 1. The third-order valence-corrected chi connectivity index (χ3v) is 3.93. The van der Waals surface area contributed by atoms with Gasteiger partial charge in [-0.3, -0.25) is 9.67 Å². The zero-order valence-electron chi connectivity index (χ0n) is 12.5. The number of H-pyrrole nitrogens is 1. The Labute approximate surface area is 143 Å². The summed E-state index contributed by atoms with van der Waals surface area (Å²) in [5.74, 6) is 2.01. The van der Waals surface area contributed by atoms with Gasteiger partial charge in [0.25, 0.3) is 0 Å². The molecule has 23 heavy (non-hydrogen) atoms. The van der Waals surface area contributed by atoms with Crippen LogP contribution in [0.5, 0.6) is 11.5 Å². The van der Waals surface area contributed by atoms with Gasteiger partial charge in [-0.15, -0.1) is 0 Å². The predicted octanol–water partition coefficient (Wildman–Crippen LogP) is 4.27. The summed E-state index contributed by atoms with van der Waals surface area (Å²) in [7, 11) is 3.21. The fourth-order valence-corrected chi connectivity index (χ4v) is 2.64. The van der Waals surface area contributed by atoms with E-state index in [-0.39, 0.29) is 0 Å². The fourth-order valence-electron chi connectivity index (χ4n) is 2.28. The summed E-state index contributed by atoms with van der Waals surface area (Å²) in [6.45, 7) is 0. The second-order valence-electron chi connectivity index (χ2n) is 4.73.